The van der Waals surface area contributed by atoms with Crippen LogP contribution in [0.4, 0.5) is 11.4 Å². The van der Waals surface area contributed by atoms with E-state index in [0.717, 1.165) is 30.8 Å². The van der Waals surface area contributed by atoms with Crippen molar-refractivity contribution in [3.05, 3.63) is 53.9 Å². The second-order valence-electron chi connectivity index (χ2n) is 4.59. The van der Waals surface area contributed by atoms with Crippen molar-refractivity contribution < 1.29 is 9.90 Å². The molecule has 1 aliphatic rings. The summed E-state index contributed by atoms with van der Waals surface area (Å²) in [6.07, 6.45) is 3.70. The average molecular weight is 254 g/mol. The average Bonchev–Trinajstić information content (AvgIpc) is 2.47. The van der Waals surface area contributed by atoms with Gasteiger partial charge in [-0.1, -0.05) is 18.2 Å². The van der Waals surface area contributed by atoms with Gasteiger partial charge in [-0.05, 0) is 36.6 Å². The Morgan fingerprint density at radius 2 is 2.11 bits per heavy atom. The quantitative estimate of drug-likeness (QED) is 0.895. The SMILES string of the molecule is O=C(O)c1cc(N2CCCc3ccccc32)ccn1. The number of benzene rings is 1. The maximum atomic E-state index is 11.0. The zero-order valence-corrected chi connectivity index (χ0v) is 10.4. The third-order valence-corrected chi connectivity index (χ3v) is 3.38. The Balaban J connectivity index is 2.04. The van der Waals surface area contributed by atoms with Crippen molar-refractivity contribution in [1.82, 2.24) is 4.98 Å². The molecule has 19 heavy (non-hydrogen) atoms. The lowest BCUT2D eigenvalue weighted by atomic mass is 10.0. The summed E-state index contributed by atoms with van der Waals surface area (Å²) in [6, 6.07) is 11.7. The van der Waals surface area contributed by atoms with Crippen molar-refractivity contribution in [3.63, 3.8) is 0 Å². The van der Waals surface area contributed by atoms with Crippen molar-refractivity contribution in [3.8, 4) is 0 Å². The molecule has 0 spiro atoms. The van der Waals surface area contributed by atoms with Gasteiger partial charge in [0.05, 0.1) is 0 Å². The van der Waals surface area contributed by atoms with E-state index in [9.17, 15) is 4.79 Å². The number of carboxylic acids is 1. The molecule has 0 amide bonds. The highest BCUT2D eigenvalue weighted by atomic mass is 16.4. The summed E-state index contributed by atoms with van der Waals surface area (Å²) in [5.41, 5.74) is 3.44. The van der Waals surface area contributed by atoms with E-state index in [1.54, 1.807) is 12.3 Å². The van der Waals surface area contributed by atoms with Crippen LogP contribution in [0.15, 0.2) is 42.6 Å². The third-order valence-electron chi connectivity index (χ3n) is 3.38. The third kappa shape index (κ3) is 2.17. The zero-order chi connectivity index (χ0) is 13.2. The van der Waals surface area contributed by atoms with Crippen LogP contribution in [0.1, 0.15) is 22.5 Å². The van der Waals surface area contributed by atoms with Gasteiger partial charge in [-0.15, -0.1) is 0 Å². The number of carbonyl (C=O) groups is 1. The molecule has 96 valence electrons. The summed E-state index contributed by atoms with van der Waals surface area (Å²) in [5.74, 6) is -0.993. The van der Waals surface area contributed by atoms with Gasteiger partial charge in [0.15, 0.2) is 0 Å². The van der Waals surface area contributed by atoms with Crippen molar-refractivity contribution in [1.29, 1.82) is 0 Å². The van der Waals surface area contributed by atoms with Gasteiger partial charge in [-0.2, -0.15) is 0 Å². The Labute approximate surface area is 111 Å². The lowest BCUT2D eigenvalue weighted by molar-refractivity contribution is 0.0690. The topological polar surface area (TPSA) is 53.4 Å². The molecular formula is C15H14N2O2. The van der Waals surface area contributed by atoms with Gasteiger partial charge < -0.3 is 10.0 Å². The molecule has 0 saturated carbocycles. The molecule has 2 aromatic rings. The van der Waals surface area contributed by atoms with E-state index in [4.69, 9.17) is 5.11 Å². The first-order valence-corrected chi connectivity index (χ1v) is 6.30. The molecule has 0 unspecified atom stereocenters. The predicted octanol–water partition coefficient (Wildman–Crippen LogP) is 2.86. The standard InChI is InChI=1S/C15H14N2O2/c18-15(19)13-10-12(7-8-16-13)17-9-3-5-11-4-1-2-6-14(11)17/h1-2,4,6-8,10H,3,5,9H2,(H,18,19). The first-order valence-electron chi connectivity index (χ1n) is 6.30. The van der Waals surface area contributed by atoms with Crippen LogP contribution in [0.5, 0.6) is 0 Å². The number of aromatic carboxylic acids is 1. The fraction of sp³-hybridized carbons (Fsp3) is 0.200. The van der Waals surface area contributed by atoms with E-state index in [0.29, 0.717) is 0 Å². The molecule has 1 N–H and O–H groups in total. The van der Waals surface area contributed by atoms with Crippen LogP contribution < -0.4 is 4.90 Å². The molecule has 1 aromatic carbocycles. The number of carboxylic acid groups (broad SMARTS) is 1. The van der Waals surface area contributed by atoms with Crippen LogP contribution in [0, 0.1) is 0 Å². The summed E-state index contributed by atoms with van der Waals surface area (Å²) in [5, 5.41) is 9.02. The van der Waals surface area contributed by atoms with Gasteiger partial charge >= 0.3 is 5.97 Å². The van der Waals surface area contributed by atoms with E-state index < -0.39 is 5.97 Å². The maximum absolute atomic E-state index is 11.0. The summed E-state index contributed by atoms with van der Waals surface area (Å²) in [4.78, 5) is 17.0. The van der Waals surface area contributed by atoms with Gasteiger partial charge in [0.2, 0.25) is 0 Å². The minimum absolute atomic E-state index is 0.0838. The number of aryl methyl sites for hydroxylation is 1. The summed E-state index contributed by atoms with van der Waals surface area (Å²) in [6.45, 7) is 0.903. The predicted molar refractivity (Wildman–Crippen MR) is 73.0 cm³/mol. The van der Waals surface area contributed by atoms with Gasteiger partial charge in [0.25, 0.3) is 0 Å². The molecule has 0 radical (unpaired) electrons. The highest BCUT2D eigenvalue weighted by Gasteiger charge is 2.18. The van der Waals surface area contributed by atoms with Crippen LogP contribution in [-0.2, 0) is 6.42 Å². The molecule has 2 heterocycles. The largest absolute Gasteiger partial charge is 0.477 e. The Morgan fingerprint density at radius 1 is 1.26 bits per heavy atom. The number of para-hydroxylation sites is 1. The summed E-state index contributed by atoms with van der Waals surface area (Å²) in [7, 11) is 0. The molecule has 4 nitrogen and oxygen atoms in total. The number of hydrogen-bond donors (Lipinski definition) is 1. The molecule has 0 fully saturated rings. The van der Waals surface area contributed by atoms with E-state index in [-0.39, 0.29) is 5.69 Å². The Hall–Kier alpha value is -2.36. The van der Waals surface area contributed by atoms with E-state index in [1.807, 2.05) is 18.2 Å². The summed E-state index contributed by atoms with van der Waals surface area (Å²) < 4.78 is 0. The minimum atomic E-state index is -0.993. The van der Waals surface area contributed by atoms with Crippen LogP contribution in [-0.4, -0.2) is 22.6 Å². The molecular weight excluding hydrogens is 240 g/mol. The monoisotopic (exact) mass is 254 g/mol. The normalized spacial score (nSPS) is 14.0. The van der Waals surface area contributed by atoms with Crippen molar-refractivity contribution in [2.24, 2.45) is 0 Å². The molecule has 0 aliphatic carbocycles. The lowest BCUT2D eigenvalue weighted by Crippen LogP contribution is -2.24. The number of rotatable bonds is 2. The van der Waals surface area contributed by atoms with Crippen LogP contribution in [0.3, 0.4) is 0 Å². The Kier molecular flexibility index (Phi) is 2.91. The lowest BCUT2D eigenvalue weighted by Gasteiger charge is -2.31. The number of fused-ring (bicyclic) bond motifs is 1. The van der Waals surface area contributed by atoms with Gasteiger partial charge in [-0.25, -0.2) is 9.78 Å². The zero-order valence-electron chi connectivity index (χ0n) is 10.4. The van der Waals surface area contributed by atoms with Crippen molar-refractivity contribution in [2.45, 2.75) is 12.8 Å². The Bertz CT molecular complexity index is 625. The number of pyridine rings is 1. The molecule has 1 aromatic heterocycles. The van der Waals surface area contributed by atoms with Crippen LogP contribution >= 0.6 is 0 Å². The maximum Gasteiger partial charge on any atom is 0.354 e. The van der Waals surface area contributed by atoms with Gasteiger partial charge in [0.1, 0.15) is 5.69 Å². The molecule has 1 aliphatic heterocycles. The fourth-order valence-electron chi connectivity index (χ4n) is 2.51. The fourth-order valence-corrected chi connectivity index (χ4v) is 2.51. The van der Waals surface area contributed by atoms with Gasteiger partial charge in [0, 0.05) is 24.1 Å². The second kappa shape index (κ2) is 4.72. The summed E-state index contributed by atoms with van der Waals surface area (Å²) >= 11 is 0. The van der Waals surface area contributed by atoms with Crippen molar-refractivity contribution in [2.75, 3.05) is 11.4 Å². The van der Waals surface area contributed by atoms with E-state index >= 15 is 0 Å². The van der Waals surface area contributed by atoms with Gasteiger partial charge in [-0.3, -0.25) is 0 Å². The van der Waals surface area contributed by atoms with E-state index in [2.05, 4.69) is 22.0 Å². The molecule has 0 saturated heterocycles. The highest BCUT2D eigenvalue weighted by molar-refractivity contribution is 5.87. The first-order chi connectivity index (χ1) is 9.25. The molecule has 4 heteroatoms. The first kappa shape index (κ1) is 11.7. The van der Waals surface area contributed by atoms with Crippen LogP contribution in [0.25, 0.3) is 0 Å². The molecule has 0 bridgehead atoms. The number of aromatic nitrogens is 1. The molecule has 0 atom stereocenters. The van der Waals surface area contributed by atoms with Crippen molar-refractivity contribution >= 4 is 17.3 Å². The number of anilines is 2. The number of nitrogens with zero attached hydrogens (tertiary/aromatic N) is 2. The minimum Gasteiger partial charge on any atom is -0.477 e. The Morgan fingerprint density at radius 3 is 2.95 bits per heavy atom. The highest BCUT2D eigenvalue weighted by Crippen LogP contribution is 2.33. The smallest absolute Gasteiger partial charge is 0.354 e. The van der Waals surface area contributed by atoms with E-state index in [1.165, 1.54) is 5.56 Å². The molecule has 3 rings (SSSR count). The number of hydrogen-bond acceptors (Lipinski definition) is 3. The second-order valence-corrected chi connectivity index (χ2v) is 4.59. The van der Waals surface area contributed by atoms with Crippen LogP contribution in [0.2, 0.25) is 0 Å².